The molecule has 1 aromatic carbocycles. The van der Waals surface area contributed by atoms with Gasteiger partial charge >= 0.3 is 5.69 Å². The number of para-hydroxylation sites is 1. The third-order valence-corrected chi connectivity index (χ3v) is 3.06. The summed E-state index contributed by atoms with van der Waals surface area (Å²) in [4.78, 5) is 14.8. The monoisotopic (exact) mass is 291 g/mol. The first kappa shape index (κ1) is 15.0. The summed E-state index contributed by atoms with van der Waals surface area (Å²) in [5, 5.41) is 14.2. The zero-order chi connectivity index (χ0) is 15.4. The summed E-state index contributed by atoms with van der Waals surface area (Å²) in [7, 11) is 1.39. The molecule has 112 valence electrons. The molecular weight excluding hydrogens is 274 g/mol. The van der Waals surface area contributed by atoms with Crippen LogP contribution in [0, 0.1) is 10.1 Å². The van der Waals surface area contributed by atoms with E-state index in [1.807, 2.05) is 13.8 Å². The van der Waals surface area contributed by atoms with E-state index in [2.05, 4.69) is 10.3 Å². The molecule has 1 atom stereocenters. The van der Waals surface area contributed by atoms with Crippen LogP contribution in [0.3, 0.4) is 0 Å². The van der Waals surface area contributed by atoms with Gasteiger partial charge in [-0.2, -0.15) is 0 Å². The zero-order valence-corrected chi connectivity index (χ0v) is 12.1. The number of benzene rings is 1. The minimum absolute atomic E-state index is 0.0338. The van der Waals surface area contributed by atoms with Crippen molar-refractivity contribution in [1.82, 2.24) is 10.3 Å². The van der Waals surface area contributed by atoms with Crippen LogP contribution in [0.15, 0.2) is 28.8 Å². The number of aromatic nitrogens is 1. The van der Waals surface area contributed by atoms with Gasteiger partial charge in [0.1, 0.15) is 0 Å². The quantitative estimate of drug-likeness (QED) is 0.650. The fourth-order valence-electron chi connectivity index (χ4n) is 2.08. The number of methoxy groups -OCH3 is 1. The fourth-order valence-corrected chi connectivity index (χ4v) is 2.08. The highest BCUT2D eigenvalue weighted by Crippen LogP contribution is 2.38. The second-order valence-electron chi connectivity index (χ2n) is 4.46. The van der Waals surface area contributed by atoms with Crippen LogP contribution < -0.4 is 10.1 Å². The molecule has 0 radical (unpaired) electrons. The van der Waals surface area contributed by atoms with Crippen LogP contribution in [0.1, 0.15) is 25.8 Å². The number of rotatable bonds is 6. The number of hydrogen-bond acceptors (Lipinski definition) is 6. The Kier molecular flexibility index (Phi) is 4.54. The Morgan fingerprint density at radius 1 is 1.52 bits per heavy atom. The Labute approximate surface area is 122 Å². The van der Waals surface area contributed by atoms with E-state index >= 15 is 0 Å². The van der Waals surface area contributed by atoms with Gasteiger partial charge in [0, 0.05) is 6.07 Å². The minimum Gasteiger partial charge on any atom is -0.490 e. The van der Waals surface area contributed by atoms with Gasteiger partial charge in [0.15, 0.2) is 5.76 Å². The summed E-state index contributed by atoms with van der Waals surface area (Å²) < 4.78 is 10.8. The predicted molar refractivity (Wildman–Crippen MR) is 77.2 cm³/mol. The molecule has 0 aliphatic carbocycles. The number of hydrogen-bond donors (Lipinski definition) is 1. The van der Waals surface area contributed by atoms with Crippen molar-refractivity contribution < 1.29 is 14.1 Å². The van der Waals surface area contributed by atoms with Gasteiger partial charge in [0.05, 0.1) is 29.8 Å². The summed E-state index contributed by atoms with van der Waals surface area (Å²) in [6.07, 6.45) is 1.55. The average Bonchev–Trinajstić information content (AvgIpc) is 2.96. The first-order valence-corrected chi connectivity index (χ1v) is 6.59. The van der Waals surface area contributed by atoms with E-state index in [1.54, 1.807) is 18.3 Å². The van der Waals surface area contributed by atoms with Crippen molar-refractivity contribution in [3.05, 3.63) is 40.4 Å². The maximum Gasteiger partial charge on any atom is 0.311 e. The molecule has 1 N–H and O–H groups in total. The molecule has 7 nitrogen and oxygen atoms in total. The van der Waals surface area contributed by atoms with Crippen molar-refractivity contribution >= 4 is 5.69 Å². The number of nitrogens with zero attached hydrogens (tertiary/aromatic N) is 2. The van der Waals surface area contributed by atoms with Gasteiger partial charge in [0.25, 0.3) is 0 Å². The number of ether oxygens (including phenoxy) is 1. The standard InChI is InChI=1S/C14H17N3O4/c1-4-15-9(2)14-16-8-12(21-14)10-6-5-7-11(17(18)19)13(10)20-3/h5-9,15H,4H2,1-3H3. The molecule has 0 spiro atoms. The van der Waals surface area contributed by atoms with Crippen molar-refractivity contribution in [3.8, 4) is 17.1 Å². The van der Waals surface area contributed by atoms with Crippen LogP contribution in [0.5, 0.6) is 5.75 Å². The SMILES string of the molecule is CCNC(C)c1ncc(-c2cccc([N+](=O)[O-])c2OC)o1. The number of nitro benzene ring substituents is 1. The van der Waals surface area contributed by atoms with Crippen LogP contribution in [-0.2, 0) is 0 Å². The molecule has 0 bridgehead atoms. The van der Waals surface area contributed by atoms with Gasteiger partial charge in [-0.25, -0.2) is 4.98 Å². The van der Waals surface area contributed by atoms with E-state index in [-0.39, 0.29) is 17.5 Å². The van der Waals surface area contributed by atoms with E-state index in [1.165, 1.54) is 13.2 Å². The zero-order valence-electron chi connectivity index (χ0n) is 12.1. The van der Waals surface area contributed by atoms with E-state index < -0.39 is 4.92 Å². The summed E-state index contributed by atoms with van der Waals surface area (Å²) in [5.41, 5.74) is 0.404. The molecule has 2 rings (SSSR count). The van der Waals surface area contributed by atoms with Crippen LogP contribution in [0.2, 0.25) is 0 Å². The molecule has 0 saturated carbocycles. The largest absolute Gasteiger partial charge is 0.490 e. The lowest BCUT2D eigenvalue weighted by atomic mass is 10.1. The lowest BCUT2D eigenvalue weighted by Crippen LogP contribution is -2.17. The van der Waals surface area contributed by atoms with Gasteiger partial charge in [-0.05, 0) is 19.5 Å². The fraction of sp³-hybridized carbons (Fsp3) is 0.357. The maximum atomic E-state index is 11.0. The topological polar surface area (TPSA) is 90.4 Å². The second kappa shape index (κ2) is 6.36. The predicted octanol–water partition coefficient (Wildman–Crippen LogP) is 2.93. The van der Waals surface area contributed by atoms with Crippen molar-refractivity contribution in [2.24, 2.45) is 0 Å². The second-order valence-corrected chi connectivity index (χ2v) is 4.46. The Bertz CT molecular complexity index is 639. The van der Waals surface area contributed by atoms with Gasteiger partial charge in [-0.3, -0.25) is 10.1 Å². The smallest absolute Gasteiger partial charge is 0.311 e. The lowest BCUT2D eigenvalue weighted by molar-refractivity contribution is -0.385. The Morgan fingerprint density at radius 3 is 2.90 bits per heavy atom. The summed E-state index contributed by atoms with van der Waals surface area (Å²) >= 11 is 0. The molecule has 0 aliphatic heterocycles. The Hall–Kier alpha value is -2.41. The number of nitrogens with one attached hydrogen (secondary N) is 1. The molecule has 7 heteroatoms. The molecule has 0 fully saturated rings. The molecule has 0 aliphatic rings. The van der Waals surface area contributed by atoms with E-state index in [0.29, 0.717) is 17.2 Å². The normalized spacial score (nSPS) is 12.1. The molecule has 21 heavy (non-hydrogen) atoms. The van der Waals surface area contributed by atoms with Crippen LogP contribution in [-0.4, -0.2) is 23.6 Å². The van der Waals surface area contributed by atoms with Gasteiger partial charge in [-0.15, -0.1) is 0 Å². The molecule has 1 heterocycles. The molecule has 0 saturated heterocycles. The highest BCUT2D eigenvalue weighted by Gasteiger charge is 2.22. The van der Waals surface area contributed by atoms with Crippen molar-refractivity contribution in [1.29, 1.82) is 0 Å². The van der Waals surface area contributed by atoms with Crippen molar-refractivity contribution in [2.45, 2.75) is 19.9 Å². The molecule has 1 unspecified atom stereocenters. The van der Waals surface area contributed by atoms with Crippen molar-refractivity contribution in [3.63, 3.8) is 0 Å². The molecule has 1 aromatic heterocycles. The summed E-state index contributed by atoms with van der Waals surface area (Å²) in [5.74, 6) is 1.14. The third-order valence-electron chi connectivity index (χ3n) is 3.06. The first-order valence-electron chi connectivity index (χ1n) is 6.59. The Morgan fingerprint density at radius 2 is 2.29 bits per heavy atom. The first-order chi connectivity index (χ1) is 10.1. The van der Waals surface area contributed by atoms with Gasteiger partial charge < -0.3 is 14.5 Å². The van der Waals surface area contributed by atoms with Gasteiger partial charge in [-0.1, -0.05) is 13.0 Å². The molecule has 0 amide bonds. The highest BCUT2D eigenvalue weighted by atomic mass is 16.6. The van der Waals surface area contributed by atoms with Gasteiger partial charge in [0.2, 0.25) is 11.6 Å². The van der Waals surface area contributed by atoms with Crippen LogP contribution in [0.25, 0.3) is 11.3 Å². The van der Waals surface area contributed by atoms with Crippen LogP contribution >= 0.6 is 0 Å². The maximum absolute atomic E-state index is 11.0. The van der Waals surface area contributed by atoms with E-state index in [4.69, 9.17) is 9.15 Å². The number of oxazole rings is 1. The molecule has 2 aromatic rings. The third kappa shape index (κ3) is 3.03. The lowest BCUT2D eigenvalue weighted by Gasteiger charge is -2.08. The van der Waals surface area contributed by atoms with Crippen LogP contribution in [0.4, 0.5) is 5.69 Å². The summed E-state index contributed by atoms with van der Waals surface area (Å²) in [6.45, 7) is 4.72. The van der Waals surface area contributed by atoms with E-state index in [0.717, 1.165) is 6.54 Å². The molecular formula is C14H17N3O4. The summed E-state index contributed by atoms with van der Waals surface area (Å²) in [6, 6.07) is 4.65. The average molecular weight is 291 g/mol. The van der Waals surface area contributed by atoms with Crippen molar-refractivity contribution in [2.75, 3.05) is 13.7 Å². The number of nitro groups is 1. The highest BCUT2D eigenvalue weighted by molar-refractivity contribution is 5.71. The Balaban J connectivity index is 2.43. The minimum atomic E-state index is -0.485. The van der Waals surface area contributed by atoms with E-state index in [9.17, 15) is 10.1 Å².